The molecule has 0 aliphatic rings. The van der Waals surface area contributed by atoms with Gasteiger partial charge >= 0.3 is 5.97 Å². The van der Waals surface area contributed by atoms with Gasteiger partial charge in [0.15, 0.2) is 0 Å². The van der Waals surface area contributed by atoms with E-state index in [2.05, 4.69) is 4.98 Å². The fourth-order valence-corrected chi connectivity index (χ4v) is 2.64. The van der Waals surface area contributed by atoms with Crippen molar-refractivity contribution in [3.63, 3.8) is 0 Å². The monoisotopic (exact) mass is 349 g/mol. The van der Waals surface area contributed by atoms with Crippen LogP contribution in [0, 0.1) is 0 Å². The van der Waals surface area contributed by atoms with E-state index in [1.165, 1.54) is 12.1 Å². The van der Waals surface area contributed by atoms with Crippen LogP contribution in [0.25, 0.3) is 11.3 Å². The van der Waals surface area contributed by atoms with Gasteiger partial charge in [-0.15, -0.1) is 0 Å². The maximum Gasteiger partial charge on any atom is 0.307 e. The van der Waals surface area contributed by atoms with E-state index in [0.717, 1.165) is 0 Å². The Morgan fingerprint density at radius 2 is 1.80 bits per heavy atom. The molecular weight excluding hydrogens is 344 g/mol. The summed E-state index contributed by atoms with van der Waals surface area (Å²) < 4.78 is 0. The zero-order chi connectivity index (χ0) is 14.9. The van der Waals surface area contributed by atoms with E-state index in [1.807, 2.05) is 0 Å². The van der Waals surface area contributed by atoms with Crippen LogP contribution in [0.4, 0.5) is 0 Å². The van der Waals surface area contributed by atoms with E-state index in [4.69, 9.17) is 51.5 Å². The molecule has 0 fully saturated rings. The van der Waals surface area contributed by atoms with Crippen molar-refractivity contribution >= 4 is 52.4 Å². The second kappa shape index (κ2) is 6.19. The van der Waals surface area contributed by atoms with E-state index in [1.54, 1.807) is 12.1 Å². The van der Waals surface area contributed by atoms with Gasteiger partial charge in [0, 0.05) is 10.6 Å². The lowest BCUT2D eigenvalue weighted by molar-refractivity contribution is -0.136. The van der Waals surface area contributed by atoms with Crippen LogP contribution in [0.5, 0.6) is 0 Å². The predicted octanol–water partition coefficient (Wildman–Crippen LogP) is 4.99. The van der Waals surface area contributed by atoms with Crippen LogP contribution in [0.1, 0.15) is 5.56 Å². The largest absolute Gasteiger partial charge is 0.481 e. The third-order valence-electron chi connectivity index (χ3n) is 2.48. The molecule has 1 heterocycles. The van der Waals surface area contributed by atoms with Gasteiger partial charge in [0.05, 0.1) is 22.2 Å². The summed E-state index contributed by atoms with van der Waals surface area (Å²) in [6.45, 7) is 0. The molecule has 0 saturated carbocycles. The SMILES string of the molecule is O=C(O)Cc1cc(Cl)nc(-c2cc(Cl)cc(Cl)c2Cl)c1. The number of hydrogen-bond donors (Lipinski definition) is 1. The number of halogens is 4. The second-order valence-corrected chi connectivity index (χ2v) is 5.61. The standard InChI is InChI=1S/C13H7Cl4NO2/c14-7-4-8(13(17)9(15)5-7)10-1-6(3-12(19)20)2-11(16)18-10/h1-2,4-5H,3H2,(H,19,20). The molecule has 0 radical (unpaired) electrons. The number of rotatable bonds is 3. The Balaban J connectivity index is 2.58. The van der Waals surface area contributed by atoms with Crippen molar-refractivity contribution in [2.75, 3.05) is 0 Å². The van der Waals surface area contributed by atoms with E-state index in [9.17, 15) is 4.79 Å². The molecule has 2 rings (SSSR count). The highest BCUT2D eigenvalue weighted by molar-refractivity contribution is 6.45. The topological polar surface area (TPSA) is 50.2 Å². The summed E-state index contributed by atoms with van der Waals surface area (Å²) in [4.78, 5) is 14.9. The molecule has 0 saturated heterocycles. The van der Waals surface area contributed by atoms with Crippen LogP contribution in [0.2, 0.25) is 20.2 Å². The number of hydrogen-bond acceptors (Lipinski definition) is 2. The number of benzene rings is 1. The Morgan fingerprint density at radius 1 is 1.10 bits per heavy atom. The molecule has 104 valence electrons. The van der Waals surface area contributed by atoms with Crippen LogP contribution in [0.3, 0.4) is 0 Å². The van der Waals surface area contributed by atoms with Crippen LogP contribution < -0.4 is 0 Å². The molecule has 1 N–H and O–H groups in total. The van der Waals surface area contributed by atoms with Gasteiger partial charge in [-0.1, -0.05) is 46.4 Å². The first-order valence-corrected chi connectivity index (χ1v) is 6.91. The summed E-state index contributed by atoms with van der Waals surface area (Å²) in [6.07, 6.45) is -0.166. The quantitative estimate of drug-likeness (QED) is 0.626. The second-order valence-electron chi connectivity index (χ2n) is 4.00. The Hall–Kier alpha value is -1.000. The fourth-order valence-electron chi connectivity index (χ4n) is 1.71. The van der Waals surface area contributed by atoms with Gasteiger partial charge in [-0.3, -0.25) is 4.79 Å². The lowest BCUT2D eigenvalue weighted by Gasteiger charge is -2.08. The van der Waals surface area contributed by atoms with E-state index < -0.39 is 5.97 Å². The summed E-state index contributed by atoms with van der Waals surface area (Å²) in [5.41, 5.74) is 1.43. The van der Waals surface area contributed by atoms with Gasteiger partial charge in [-0.05, 0) is 29.8 Å². The van der Waals surface area contributed by atoms with Crippen LogP contribution in [0.15, 0.2) is 24.3 Å². The molecule has 1 aromatic carbocycles. The van der Waals surface area contributed by atoms with E-state index >= 15 is 0 Å². The molecule has 0 amide bonds. The van der Waals surface area contributed by atoms with Crippen molar-refractivity contribution in [1.82, 2.24) is 4.98 Å². The minimum absolute atomic E-state index is 0.166. The average molecular weight is 351 g/mol. The molecule has 0 bridgehead atoms. The Morgan fingerprint density at radius 3 is 2.45 bits per heavy atom. The summed E-state index contributed by atoms with van der Waals surface area (Å²) >= 11 is 23.9. The number of pyridine rings is 1. The molecule has 20 heavy (non-hydrogen) atoms. The molecule has 0 unspecified atom stereocenters. The smallest absolute Gasteiger partial charge is 0.307 e. The van der Waals surface area contributed by atoms with Gasteiger partial charge in [0.25, 0.3) is 0 Å². The highest BCUT2D eigenvalue weighted by Crippen LogP contribution is 2.36. The minimum Gasteiger partial charge on any atom is -0.481 e. The van der Waals surface area contributed by atoms with Crippen molar-refractivity contribution in [3.8, 4) is 11.3 Å². The third-order valence-corrected chi connectivity index (χ3v) is 3.69. The van der Waals surface area contributed by atoms with Gasteiger partial charge in [0.1, 0.15) is 5.15 Å². The van der Waals surface area contributed by atoms with Crippen molar-refractivity contribution < 1.29 is 9.90 Å². The number of aliphatic carboxylic acids is 1. The van der Waals surface area contributed by atoms with E-state index in [-0.39, 0.29) is 21.6 Å². The first kappa shape index (κ1) is 15.4. The summed E-state index contributed by atoms with van der Waals surface area (Å²) in [6, 6.07) is 6.18. The first-order valence-electron chi connectivity index (χ1n) is 5.40. The minimum atomic E-state index is -0.964. The number of carboxylic acids is 1. The van der Waals surface area contributed by atoms with Crippen LogP contribution in [-0.4, -0.2) is 16.1 Å². The molecule has 1 aromatic heterocycles. The molecule has 0 aliphatic heterocycles. The summed E-state index contributed by atoms with van der Waals surface area (Å²) in [5, 5.41) is 9.97. The van der Waals surface area contributed by atoms with Gasteiger partial charge < -0.3 is 5.11 Å². The molecule has 0 aliphatic carbocycles. The van der Waals surface area contributed by atoms with Crippen molar-refractivity contribution in [3.05, 3.63) is 50.0 Å². The maximum absolute atomic E-state index is 10.8. The number of nitrogens with zero attached hydrogens (tertiary/aromatic N) is 1. The zero-order valence-electron chi connectivity index (χ0n) is 9.83. The van der Waals surface area contributed by atoms with Crippen molar-refractivity contribution in [2.24, 2.45) is 0 Å². The highest BCUT2D eigenvalue weighted by atomic mass is 35.5. The summed E-state index contributed by atoms with van der Waals surface area (Å²) in [7, 11) is 0. The van der Waals surface area contributed by atoms with Crippen molar-refractivity contribution in [2.45, 2.75) is 6.42 Å². The number of aromatic nitrogens is 1. The zero-order valence-corrected chi connectivity index (χ0v) is 12.9. The Labute approximate surface area is 135 Å². The lowest BCUT2D eigenvalue weighted by atomic mass is 10.1. The molecular formula is C13H7Cl4NO2. The summed E-state index contributed by atoms with van der Waals surface area (Å²) in [5.74, 6) is -0.964. The normalized spacial score (nSPS) is 10.6. The van der Waals surface area contributed by atoms with Gasteiger partial charge in [-0.25, -0.2) is 4.98 Å². The maximum atomic E-state index is 10.8. The fraction of sp³-hybridized carbons (Fsp3) is 0.0769. The number of carboxylic acid groups (broad SMARTS) is 1. The van der Waals surface area contributed by atoms with Gasteiger partial charge in [0.2, 0.25) is 0 Å². The molecule has 3 nitrogen and oxygen atoms in total. The van der Waals surface area contributed by atoms with Gasteiger partial charge in [-0.2, -0.15) is 0 Å². The Kier molecular flexibility index (Phi) is 4.76. The Bertz CT molecular complexity index is 688. The average Bonchev–Trinajstić information content (AvgIpc) is 2.32. The van der Waals surface area contributed by atoms with Crippen LogP contribution >= 0.6 is 46.4 Å². The third kappa shape index (κ3) is 3.55. The molecule has 7 heteroatoms. The van der Waals surface area contributed by atoms with Crippen LogP contribution in [-0.2, 0) is 11.2 Å². The molecule has 2 aromatic rings. The molecule has 0 spiro atoms. The number of carbonyl (C=O) groups is 1. The van der Waals surface area contributed by atoms with Crippen molar-refractivity contribution in [1.29, 1.82) is 0 Å². The first-order chi connectivity index (χ1) is 9.36. The lowest BCUT2D eigenvalue weighted by Crippen LogP contribution is -2.01. The molecule has 0 atom stereocenters. The highest BCUT2D eigenvalue weighted by Gasteiger charge is 2.13. The predicted molar refractivity (Wildman–Crippen MR) is 81.1 cm³/mol. The van der Waals surface area contributed by atoms with E-state index in [0.29, 0.717) is 21.8 Å².